The Hall–Kier alpha value is -0.0800. The van der Waals surface area contributed by atoms with E-state index in [9.17, 15) is 5.11 Å². The molecule has 0 aliphatic rings. The van der Waals surface area contributed by atoms with Gasteiger partial charge in [-0.05, 0) is 25.9 Å². The number of aliphatic hydroxyl groups is 1. The molecular formula is C11H25NO. The van der Waals surface area contributed by atoms with E-state index in [2.05, 4.69) is 25.7 Å². The van der Waals surface area contributed by atoms with Crippen LogP contribution in [0.2, 0.25) is 0 Å². The van der Waals surface area contributed by atoms with Gasteiger partial charge in [0.2, 0.25) is 0 Å². The molecule has 80 valence electrons. The van der Waals surface area contributed by atoms with Crippen molar-refractivity contribution in [1.29, 1.82) is 0 Å². The van der Waals surface area contributed by atoms with Gasteiger partial charge in [0.15, 0.2) is 0 Å². The lowest BCUT2D eigenvalue weighted by Gasteiger charge is -2.19. The predicted octanol–water partition coefficient (Wildman–Crippen LogP) is 2.27. The van der Waals surface area contributed by atoms with Gasteiger partial charge in [-0.15, -0.1) is 0 Å². The molecule has 0 rings (SSSR count). The highest BCUT2D eigenvalue weighted by Crippen LogP contribution is 2.05. The van der Waals surface area contributed by atoms with Crippen molar-refractivity contribution in [3.05, 3.63) is 0 Å². The fraction of sp³-hybridized carbons (Fsp3) is 1.00. The molecule has 1 unspecified atom stereocenters. The maximum Gasteiger partial charge on any atom is 0.0552 e. The van der Waals surface area contributed by atoms with Crippen molar-refractivity contribution < 1.29 is 5.11 Å². The highest BCUT2D eigenvalue weighted by atomic mass is 16.3. The molecule has 0 aliphatic carbocycles. The van der Waals surface area contributed by atoms with E-state index in [4.69, 9.17) is 0 Å². The van der Waals surface area contributed by atoms with Gasteiger partial charge in [-0.2, -0.15) is 0 Å². The number of hydrogen-bond donors (Lipinski definition) is 1. The Balaban J connectivity index is 3.38. The maximum absolute atomic E-state index is 9.59. The fourth-order valence-corrected chi connectivity index (χ4v) is 1.46. The van der Waals surface area contributed by atoms with Gasteiger partial charge in [-0.1, -0.05) is 33.6 Å². The van der Waals surface area contributed by atoms with E-state index >= 15 is 0 Å². The first kappa shape index (κ1) is 12.9. The Morgan fingerprint density at radius 3 is 2.15 bits per heavy atom. The van der Waals surface area contributed by atoms with Gasteiger partial charge in [-0.3, -0.25) is 0 Å². The van der Waals surface area contributed by atoms with Crippen LogP contribution >= 0.6 is 0 Å². The highest BCUT2D eigenvalue weighted by Gasteiger charge is 2.05. The van der Waals surface area contributed by atoms with Gasteiger partial charge in [0.1, 0.15) is 0 Å². The van der Waals surface area contributed by atoms with E-state index < -0.39 is 0 Å². The van der Waals surface area contributed by atoms with E-state index in [1.165, 1.54) is 6.42 Å². The first-order valence-electron chi connectivity index (χ1n) is 5.64. The summed E-state index contributed by atoms with van der Waals surface area (Å²) in [5.41, 5.74) is 0. The Kier molecular flexibility index (Phi) is 8.46. The Bertz CT molecular complexity index is 102. The van der Waals surface area contributed by atoms with Crippen molar-refractivity contribution in [2.75, 3.05) is 19.6 Å². The highest BCUT2D eigenvalue weighted by molar-refractivity contribution is 4.60. The quantitative estimate of drug-likeness (QED) is 0.630. The third kappa shape index (κ3) is 7.03. The van der Waals surface area contributed by atoms with E-state index in [-0.39, 0.29) is 6.10 Å². The zero-order valence-corrected chi connectivity index (χ0v) is 9.42. The number of unbranched alkanes of at least 4 members (excludes halogenated alkanes) is 1. The molecule has 0 aromatic carbocycles. The van der Waals surface area contributed by atoms with Crippen LogP contribution < -0.4 is 0 Å². The van der Waals surface area contributed by atoms with Gasteiger partial charge < -0.3 is 10.0 Å². The maximum atomic E-state index is 9.59. The van der Waals surface area contributed by atoms with Crippen LogP contribution in [0.15, 0.2) is 0 Å². The largest absolute Gasteiger partial charge is 0.393 e. The van der Waals surface area contributed by atoms with Crippen molar-refractivity contribution in [3.8, 4) is 0 Å². The van der Waals surface area contributed by atoms with Crippen LogP contribution in [0.5, 0.6) is 0 Å². The average Bonchev–Trinajstić information content (AvgIpc) is 2.16. The van der Waals surface area contributed by atoms with E-state index in [0.717, 1.165) is 38.9 Å². The lowest BCUT2D eigenvalue weighted by Crippen LogP contribution is -2.26. The van der Waals surface area contributed by atoms with Gasteiger partial charge in [-0.25, -0.2) is 0 Å². The molecule has 0 bridgehead atoms. The van der Waals surface area contributed by atoms with Crippen LogP contribution in [0, 0.1) is 0 Å². The van der Waals surface area contributed by atoms with Gasteiger partial charge >= 0.3 is 0 Å². The molecule has 0 heterocycles. The fourth-order valence-electron chi connectivity index (χ4n) is 1.46. The monoisotopic (exact) mass is 187 g/mol. The first-order chi connectivity index (χ1) is 6.24. The number of hydrogen-bond acceptors (Lipinski definition) is 2. The lowest BCUT2D eigenvalue weighted by molar-refractivity contribution is 0.132. The third-order valence-corrected chi connectivity index (χ3v) is 2.56. The molecule has 13 heavy (non-hydrogen) atoms. The van der Waals surface area contributed by atoms with Crippen molar-refractivity contribution in [2.24, 2.45) is 0 Å². The van der Waals surface area contributed by atoms with E-state index in [1.54, 1.807) is 0 Å². The van der Waals surface area contributed by atoms with Crippen LogP contribution in [0.3, 0.4) is 0 Å². The Morgan fingerprint density at radius 2 is 1.69 bits per heavy atom. The van der Waals surface area contributed by atoms with Crippen LogP contribution in [-0.4, -0.2) is 35.7 Å². The first-order valence-corrected chi connectivity index (χ1v) is 5.64. The number of rotatable bonds is 8. The van der Waals surface area contributed by atoms with Crippen LogP contribution in [0.25, 0.3) is 0 Å². The second kappa shape index (κ2) is 8.52. The van der Waals surface area contributed by atoms with E-state index in [1.807, 2.05) is 0 Å². The minimum Gasteiger partial charge on any atom is -0.393 e. The Labute approximate surface area is 82.9 Å². The van der Waals surface area contributed by atoms with Crippen LogP contribution in [0.1, 0.15) is 46.5 Å². The summed E-state index contributed by atoms with van der Waals surface area (Å²) in [4.78, 5) is 2.36. The standard InChI is InChI=1S/C11H25NO/c1-4-7-8-11(13)9-10-12(5-2)6-3/h11,13H,4-10H2,1-3H3. The summed E-state index contributed by atoms with van der Waals surface area (Å²) in [6.45, 7) is 9.73. The van der Waals surface area contributed by atoms with Crippen molar-refractivity contribution in [2.45, 2.75) is 52.6 Å². The second-order valence-corrected chi connectivity index (χ2v) is 3.61. The molecule has 0 saturated carbocycles. The lowest BCUT2D eigenvalue weighted by atomic mass is 10.1. The summed E-state index contributed by atoms with van der Waals surface area (Å²) in [7, 11) is 0. The molecule has 0 saturated heterocycles. The zero-order valence-electron chi connectivity index (χ0n) is 9.42. The molecule has 1 atom stereocenters. The second-order valence-electron chi connectivity index (χ2n) is 3.61. The molecule has 0 aromatic rings. The molecule has 0 aliphatic heterocycles. The number of nitrogens with zero attached hydrogens (tertiary/aromatic N) is 1. The summed E-state index contributed by atoms with van der Waals surface area (Å²) < 4.78 is 0. The number of aliphatic hydroxyl groups excluding tert-OH is 1. The van der Waals surface area contributed by atoms with Crippen molar-refractivity contribution in [1.82, 2.24) is 4.90 Å². The molecule has 0 radical (unpaired) electrons. The molecule has 0 spiro atoms. The predicted molar refractivity (Wildman–Crippen MR) is 57.9 cm³/mol. The summed E-state index contributed by atoms with van der Waals surface area (Å²) in [6, 6.07) is 0. The molecule has 0 aromatic heterocycles. The normalized spacial score (nSPS) is 13.6. The SMILES string of the molecule is CCCCC(O)CCN(CC)CC. The van der Waals surface area contributed by atoms with Gasteiger partial charge in [0.05, 0.1) is 6.10 Å². The van der Waals surface area contributed by atoms with Gasteiger partial charge in [0.25, 0.3) is 0 Å². The minimum absolute atomic E-state index is 0.0828. The molecule has 0 fully saturated rings. The average molecular weight is 187 g/mol. The van der Waals surface area contributed by atoms with Crippen LogP contribution in [0.4, 0.5) is 0 Å². The molecular weight excluding hydrogens is 162 g/mol. The molecule has 0 amide bonds. The summed E-state index contributed by atoms with van der Waals surface area (Å²) in [5, 5.41) is 9.59. The minimum atomic E-state index is -0.0828. The molecule has 2 heteroatoms. The van der Waals surface area contributed by atoms with E-state index in [0.29, 0.717) is 0 Å². The third-order valence-electron chi connectivity index (χ3n) is 2.56. The van der Waals surface area contributed by atoms with Crippen molar-refractivity contribution in [3.63, 3.8) is 0 Å². The summed E-state index contributed by atoms with van der Waals surface area (Å²) in [6.07, 6.45) is 4.15. The van der Waals surface area contributed by atoms with Crippen LogP contribution in [-0.2, 0) is 0 Å². The zero-order chi connectivity index (χ0) is 10.1. The summed E-state index contributed by atoms with van der Waals surface area (Å²) >= 11 is 0. The van der Waals surface area contributed by atoms with Crippen molar-refractivity contribution >= 4 is 0 Å². The molecule has 2 nitrogen and oxygen atoms in total. The molecule has 1 N–H and O–H groups in total. The van der Waals surface area contributed by atoms with Gasteiger partial charge in [0, 0.05) is 6.54 Å². The summed E-state index contributed by atoms with van der Waals surface area (Å²) in [5.74, 6) is 0. The Morgan fingerprint density at radius 1 is 1.08 bits per heavy atom. The smallest absolute Gasteiger partial charge is 0.0552 e. The topological polar surface area (TPSA) is 23.5 Å².